The molecule has 2 N–H and O–H groups in total. The van der Waals surface area contributed by atoms with Crippen LogP contribution in [0.1, 0.15) is 34.8 Å². The molecule has 0 aliphatic carbocycles. The van der Waals surface area contributed by atoms with Crippen LogP contribution in [0.4, 0.5) is 17.6 Å². The number of H-pyrrole nitrogens is 1. The van der Waals surface area contributed by atoms with E-state index in [1.54, 1.807) is 18.3 Å². The summed E-state index contributed by atoms with van der Waals surface area (Å²) in [5.74, 6) is -6.72. The van der Waals surface area contributed by atoms with Crippen molar-refractivity contribution in [2.24, 2.45) is 0 Å². The van der Waals surface area contributed by atoms with Crippen LogP contribution in [0.5, 0.6) is 11.6 Å². The van der Waals surface area contributed by atoms with E-state index in [2.05, 4.69) is 10.2 Å². The Kier molecular flexibility index (Phi) is 6.15. The number of carboxylic acid groups (broad SMARTS) is 1. The molecule has 1 saturated heterocycles. The number of halogens is 4. The van der Waals surface area contributed by atoms with Crippen LogP contribution >= 0.6 is 0 Å². The van der Waals surface area contributed by atoms with E-state index in [-0.39, 0.29) is 11.8 Å². The smallest absolute Gasteiger partial charge is 0.338 e. The van der Waals surface area contributed by atoms with Gasteiger partial charge in [-0.05, 0) is 54.1 Å². The zero-order valence-electron chi connectivity index (χ0n) is 20.1. The molecule has 1 aliphatic heterocycles. The molecule has 0 saturated carbocycles. The molecule has 0 amide bonds. The Bertz CT molecular complexity index is 1770. The van der Waals surface area contributed by atoms with Crippen LogP contribution in [0.2, 0.25) is 0 Å². The third kappa shape index (κ3) is 4.44. The number of hydrogen-bond acceptors (Lipinski definition) is 5. The standard InChI is InChI=1S/C28H19F4N3O4/c29-19-2-1-14(8-21(19)31)25-16-7-15-12-33-35-23(15)10-17(16)27(34-26(25)13-3-5-38-6-4-13)39-24-11-20(30)18(28(36)37)9-22(24)32/h1-2,7-13H,3-6H2,(H,33,35)(H,36,37). The first-order chi connectivity index (χ1) is 18.8. The van der Waals surface area contributed by atoms with Crippen LogP contribution in [-0.2, 0) is 4.74 Å². The molecule has 1 fully saturated rings. The van der Waals surface area contributed by atoms with Crippen LogP contribution in [-0.4, -0.2) is 39.5 Å². The molecule has 39 heavy (non-hydrogen) atoms. The van der Waals surface area contributed by atoms with Gasteiger partial charge < -0.3 is 14.6 Å². The number of aromatic carboxylic acids is 1. The van der Waals surface area contributed by atoms with E-state index in [0.29, 0.717) is 76.7 Å². The third-order valence-electron chi connectivity index (χ3n) is 6.83. The minimum absolute atomic E-state index is 0.0734. The van der Waals surface area contributed by atoms with Gasteiger partial charge in [0, 0.05) is 41.5 Å². The Balaban J connectivity index is 1.63. The molecule has 2 aromatic heterocycles. The summed E-state index contributed by atoms with van der Waals surface area (Å²) in [5, 5.41) is 17.6. The zero-order valence-corrected chi connectivity index (χ0v) is 20.1. The normalized spacial score (nSPS) is 14.3. The summed E-state index contributed by atoms with van der Waals surface area (Å²) in [6.45, 7) is 0.907. The first kappa shape index (κ1) is 24.8. The molecule has 3 aromatic carbocycles. The molecule has 3 heterocycles. The molecule has 6 rings (SSSR count). The molecule has 0 radical (unpaired) electrons. The second-order valence-corrected chi connectivity index (χ2v) is 9.22. The van der Waals surface area contributed by atoms with E-state index in [9.17, 15) is 22.4 Å². The number of aromatic amines is 1. The maximum absolute atomic E-state index is 14.9. The Morgan fingerprint density at radius 1 is 0.949 bits per heavy atom. The number of nitrogens with one attached hydrogen (secondary N) is 1. The fourth-order valence-corrected chi connectivity index (χ4v) is 4.91. The molecule has 5 aromatic rings. The van der Waals surface area contributed by atoms with Crippen molar-refractivity contribution < 1.29 is 36.9 Å². The molecular weight excluding hydrogens is 518 g/mol. The summed E-state index contributed by atoms with van der Waals surface area (Å²) in [4.78, 5) is 16.0. The van der Waals surface area contributed by atoms with Gasteiger partial charge in [-0.2, -0.15) is 5.10 Å². The molecular formula is C28H19F4N3O4. The van der Waals surface area contributed by atoms with Gasteiger partial charge in [-0.1, -0.05) is 6.07 Å². The minimum Gasteiger partial charge on any atom is -0.478 e. The second kappa shape index (κ2) is 9.66. The molecule has 198 valence electrons. The predicted octanol–water partition coefficient (Wildman–Crippen LogP) is 6.72. The van der Waals surface area contributed by atoms with E-state index < -0.39 is 40.6 Å². The zero-order chi connectivity index (χ0) is 27.3. The SMILES string of the molecule is O=C(O)c1cc(F)c(Oc2nc(C3CCOCC3)c(-c3ccc(F)c(F)c3)c3cc4cn[nH]c4cc23)cc1F. The number of aromatic nitrogens is 3. The molecule has 7 nitrogen and oxygen atoms in total. The van der Waals surface area contributed by atoms with Gasteiger partial charge >= 0.3 is 5.97 Å². The average molecular weight is 537 g/mol. The van der Waals surface area contributed by atoms with Crippen molar-refractivity contribution in [2.75, 3.05) is 13.2 Å². The first-order valence-corrected chi connectivity index (χ1v) is 12.0. The molecule has 11 heteroatoms. The summed E-state index contributed by atoms with van der Waals surface area (Å²) in [6, 6.07) is 8.22. The van der Waals surface area contributed by atoms with Crippen molar-refractivity contribution >= 4 is 27.6 Å². The van der Waals surface area contributed by atoms with Crippen molar-refractivity contribution in [3.8, 4) is 22.8 Å². The Labute approximate surface area is 218 Å². The number of hydrogen-bond donors (Lipinski definition) is 2. The molecule has 0 unspecified atom stereocenters. The van der Waals surface area contributed by atoms with E-state index >= 15 is 0 Å². The number of fused-ring (bicyclic) bond motifs is 2. The molecule has 0 spiro atoms. The maximum atomic E-state index is 14.9. The molecule has 0 atom stereocenters. The second-order valence-electron chi connectivity index (χ2n) is 9.22. The number of nitrogens with zero attached hydrogens (tertiary/aromatic N) is 2. The van der Waals surface area contributed by atoms with Gasteiger partial charge in [0.05, 0.1) is 23.0 Å². The Morgan fingerprint density at radius 2 is 1.74 bits per heavy atom. The van der Waals surface area contributed by atoms with Crippen molar-refractivity contribution in [1.82, 2.24) is 15.2 Å². The van der Waals surface area contributed by atoms with Gasteiger partial charge in [-0.15, -0.1) is 0 Å². The van der Waals surface area contributed by atoms with Crippen molar-refractivity contribution in [1.29, 1.82) is 0 Å². The van der Waals surface area contributed by atoms with Crippen molar-refractivity contribution in [3.05, 3.63) is 83.2 Å². The molecule has 0 bridgehead atoms. The third-order valence-corrected chi connectivity index (χ3v) is 6.83. The van der Waals surface area contributed by atoms with E-state index in [1.807, 2.05) is 0 Å². The largest absolute Gasteiger partial charge is 0.478 e. The van der Waals surface area contributed by atoms with E-state index in [1.165, 1.54) is 6.07 Å². The lowest BCUT2D eigenvalue weighted by atomic mass is 9.87. The highest BCUT2D eigenvalue weighted by atomic mass is 19.2. The lowest BCUT2D eigenvalue weighted by Gasteiger charge is -2.26. The number of carbonyl (C=O) groups is 1. The van der Waals surface area contributed by atoms with Gasteiger partial charge in [0.1, 0.15) is 5.82 Å². The van der Waals surface area contributed by atoms with Crippen LogP contribution < -0.4 is 4.74 Å². The van der Waals surface area contributed by atoms with Crippen LogP contribution in [0, 0.1) is 23.3 Å². The minimum atomic E-state index is -1.62. The highest BCUT2D eigenvalue weighted by Gasteiger charge is 2.27. The fourth-order valence-electron chi connectivity index (χ4n) is 4.91. The van der Waals surface area contributed by atoms with Gasteiger partial charge in [0.2, 0.25) is 5.88 Å². The lowest BCUT2D eigenvalue weighted by molar-refractivity contribution is 0.0691. The highest BCUT2D eigenvalue weighted by molar-refractivity contribution is 6.06. The van der Waals surface area contributed by atoms with E-state index in [4.69, 9.17) is 19.6 Å². The van der Waals surface area contributed by atoms with Crippen LogP contribution in [0.25, 0.3) is 32.8 Å². The summed E-state index contributed by atoms with van der Waals surface area (Å²) in [7, 11) is 0. The predicted molar refractivity (Wildman–Crippen MR) is 133 cm³/mol. The topological polar surface area (TPSA) is 97.3 Å². The Morgan fingerprint density at radius 3 is 2.49 bits per heavy atom. The fraction of sp³-hybridized carbons (Fsp3) is 0.179. The van der Waals surface area contributed by atoms with Crippen molar-refractivity contribution in [2.45, 2.75) is 18.8 Å². The Hall–Kier alpha value is -4.51. The summed E-state index contributed by atoms with van der Waals surface area (Å²) < 4.78 is 68.9. The summed E-state index contributed by atoms with van der Waals surface area (Å²) in [5.41, 5.74) is 1.17. The maximum Gasteiger partial charge on any atom is 0.338 e. The summed E-state index contributed by atoms with van der Waals surface area (Å²) in [6.07, 6.45) is 2.76. The first-order valence-electron chi connectivity index (χ1n) is 12.0. The average Bonchev–Trinajstić information content (AvgIpc) is 3.39. The van der Waals surface area contributed by atoms with Gasteiger partial charge in [-0.25, -0.2) is 27.3 Å². The lowest BCUT2D eigenvalue weighted by Crippen LogP contribution is -2.16. The monoisotopic (exact) mass is 537 g/mol. The highest BCUT2D eigenvalue weighted by Crippen LogP contribution is 2.44. The molecule has 1 aliphatic rings. The number of benzene rings is 3. The van der Waals surface area contributed by atoms with Crippen LogP contribution in [0.3, 0.4) is 0 Å². The van der Waals surface area contributed by atoms with Gasteiger partial charge in [0.15, 0.2) is 23.2 Å². The van der Waals surface area contributed by atoms with Crippen LogP contribution in [0.15, 0.2) is 48.7 Å². The van der Waals surface area contributed by atoms with Gasteiger partial charge in [0.25, 0.3) is 0 Å². The van der Waals surface area contributed by atoms with E-state index in [0.717, 1.165) is 12.1 Å². The summed E-state index contributed by atoms with van der Waals surface area (Å²) >= 11 is 0. The van der Waals surface area contributed by atoms with Crippen molar-refractivity contribution in [3.63, 3.8) is 0 Å². The number of rotatable bonds is 5. The number of carboxylic acids is 1. The van der Waals surface area contributed by atoms with Gasteiger partial charge in [-0.3, -0.25) is 5.10 Å². The quantitative estimate of drug-likeness (QED) is 0.242. The number of pyridine rings is 1. The number of ether oxygens (including phenoxy) is 2.